The summed E-state index contributed by atoms with van der Waals surface area (Å²) in [6.45, 7) is 4.85. The lowest BCUT2D eigenvalue weighted by Gasteiger charge is -2.29. The van der Waals surface area contributed by atoms with E-state index in [1.807, 2.05) is 42.5 Å². The summed E-state index contributed by atoms with van der Waals surface area (Å²) < 4.78 is 69.9. The maximum absolute atomic E-state index is 13.5. The molecule has 6 nitrogen and oxygen atoms in total. The van der Waals surface area contributed by atoms with Crippen molar-refractivity contribution in [3.05, 3.63) is 95.1 Å². The van der Waals surface area contributed by atoms with Gasteiger partial charge in [-0.25, -0.2) is 4.79 Å². The van der Waals surface area contributed by atoms with Gasteiger partial charge < -0.3 is 23.7 Å². The molecule has 2 heterocycles. The van der Waals surface area contributed by atoms with Gasteiger partial charge in [0.2, 0.25) is 0 Å². The van der Waals surface area contributed by atoms with Crippen molar-refractivity contribution in [1.82, 2.24) is 0 Å². The molecule has 0 radical (unpaired) electrons. The number of aryl methyl sites for hydroxylation is 1. The van der Waals surface area contributed by atoms with E-state index in [0.717, 1.165) is 17.2 Å². The molecule has 0 amide bonds. The van der Waals surface area contributed by atoms with Gasteiger partial charge in [-0.3, -0.25) is 0 Å². The van der Waals surface area contributed by atoms with Gasteiger partial charge in [0.1, 0.15) is 18.3 Å². The highest BCUT2D eigenvalue weighted by atomic mass is 19.4. The monoisotopic (exact) mass is 542 g/mol. The van der Waals surface area contributed by atoms with Gasteiger partial charge in [-0.15, -0.1) is 0 Å². The van der Waals surface area contributed by atoms with Crippen LogP contribution in [-0.2, 0) is 29.9 Å². The molecule has 2 aliphatic heterocycles. The Hall–Kier alpha value is -3.24. The predicted molar refractivity (Wildman–Crippen MR) is 136 cm³/mol. The van der Waals surface area contributed by atoms with E-state index >= 15 is 0 Å². The largest absolute Gasteiger partial charge is 0.451 e. The topological polar surface area (TPSA) is 63.2 Å². The third-order valence-corrected chi connectivity index (χ3v) is 6.92. The minimum atomic E-state index is -4.52. The van der Waals surface area contributed by atoms with Crippen LogP contribution >= 0.6 is 0 Å². The number of hydrogen-bond acceptors (Lipinski definition) is 6. The highest BCUT2D eigenvalue weighted by Gasteiger charge is 2.58. The minimum Gasteiger partial charge on any atom is -0.451 e. The molecule has 0 aliphatic carbocycles. The number of methoxy groups -OCH3 is 1. The number of alkyl halides is 3. The van der Waals surface area contributed by atoms with E-state index in [2.05, 4.69) is 0 Å². The van der Waals surface area contributed by atoms with Crippen LogP contribution < -0.4 is 0 Å². The molecule has 3 aromatic carbocycles. The van der Waals surface area contributed by atoms with Crippen molar-refractivity contribution in [2.24, 2.45) is 0 Å². The van der Waals surface area contributed by atoms with Crippen LogP contribution in [0.15, 0.2) is 72.8 Å². The Morgan fingerprint density at radius 3 is 2.18 bits per heavy atom. The van der Waals surface area contributed by atoms with Crippen LogP contribution in [0.2, 0.25) is 0 Å². The van der Waals surface area contributed by atoms with Gasteiger partial charge in [0.25, 0.3) is 0 Å². The molecule has 0 bridgehead atoms. The first kappa shape index (κ1) is 27.3. The fourth-order valence-electron chi connectivity index (χ4n) is 5.14. The molecule has 5 rings (SSSR count). The van der Waals surface area contributed by atoms with E-state index in [-0.39, 0.29) is 11.1 Å². The predicted octanol–water partition coefficient (Wildman–Crippen LogP) is 6.47. The first-order chi connectivity index (χ1) is 18.5. The number of carbonyl (C=O) groups is 1. The fraction of sp³-hybridized carbons (Fsp3) is 0.367. The van der Waals surface area contributed by atoms with Crippen LogP contribution in [0, 0.1) is 6.92 Å². The number of carbonyl (C=O) groups excluding carboxylic acids is 1. The van der Waals surface area contributed by atoms with E-state index in [9.17, 15) is 18.0 Å². The van der Waals surface area contributed by atoms with Crippen molar-refractivity contribution < 1.29 is 41.7 Å². The molecule has 0 spiro atoms. The molecule has 0 unspecified atom stereocenters. The summed E-state index contributed by atoms with van der Waals surface area (Å²) >= 11 is 0. The Kier molecular flexibility index (Phi) is 7.28. The van der Waals surface area contributed by atoms with Crippen molar-refractivity contribution in [2.75, 3.05) is 7.11 Å². The van der Waals surface area contributed by atoms with E-state index in [1.165, 1.54) is 26.2 Å². The van der Waals surface area contributed by atoms with Gasteiger partial charge in [-0.1, -0.05) is 54.6 Å². The molecule has 206 valence electrons. The Bertz CT molecular complexity index is 1320. The average Bonchev–Trinajstić information content (AvgIpc) is 3.39. The van der Waals surface area contributed by atoms with Gasteiger partial charge in [0, 0.05) is 7.11 Å². The molecule has 3 aromatic rings. The smallest absolute Gasteiger partial charge is 0.416 e. The zero-order valence-electron chi connectivity index (χ0n) is 21.9. The van der Waals surface area contributed by atoms with Gasteiger partial charge in [-0.2, -0.15) is 13.2 Å². The molecular formula is C30H29F3O6. The molecule has 5 atom stereocenters. The van der Waals surface area contributed by atoms with E-state index in [4.69, 9.17) is 23.7 Å². The fourth-order valence-corrected chi connectivity index (χ4v) is 5.14. The second-order valence-electron chi connectivity index (χ2n) is 10.1. The summed E-state index contributed by atoms with van der Waals surface area (Å²) in [6, 6.07) is 20.2. The highest BCUT2D eigenvalue weighted by Crippen LogP contribution is 2.45. The second-order valence-corrected chi connectivity index (χ2v) is 10.1. The highest BCUT2D eigenvalue weighted by molar-refractivity contribution is 5.90. The summed E-state index contributed by atoms with van der Waals surface area (Å²) in [6.07, 6.45) is -8.63. The average molecular weight is 543 g/mol. The van der Waals surface area contributed by atoms with E-state index < -0.39 is 54.2 Å². The Morgan fingerprint density at radius 1 is 0.923 bits per heavy atom. The zero-order valence-corrected chi connectivity index (χ0v) is 21.9. The number of fused-ring (bicyclic) bond motifs is 1. The summed E-state index contributed by atoms with van der Waals surface area (Å²) in [4.78, 5) is 13.4. The second kappa shape index (κ2) is 10.4. The maximum Gasteiger partial charge on any atom is 0.416 e. The first-order valence-electron chi connectivity index (χ1n) is 12.5. The van der Waals surface area contributed by atoms with Crippen LogP contribution in [0.5, 0.6) is 0 Å². The molecule has 39 heavy (non-hydrogen) atoms. The molecule has 9 heteroatoms. The van der Waals surface area contributed by atoms with Crippen LogP contribution in [0.4, 0.5) is 13.2 Å². The van der Waals surface area contributed by atoms with Crippen molar-refractivity contribution >= 4 is 5.97 Å². The molecule has 2 saturated heterocycles. The number of rotatable bonds is 6. The Balaban J connectivity index is 1.47. The normalized spacial score (nSPS) is 24.8. The molecule has 0 aromatic heterocycles. The number of halogens is 3. The standard InChI is InChI=1S/C30H29F3O6/c1-17-16-21(14-15-22(17)30(31,32)33)23(24-25-26(28(35-4)37-24)39-29(2,3)38-25)36-27(34)20-12-10-19(11-13-20)18-8-6-5-7-9-18/h5-16,23-26,28H,1-4H3/t23-,24-,25-,26-,28-/m1/s1. The molecule has 2 aliphatic rings. The van der Waals surface area contributed by atoms with Crippen LogP contribution in [0.25, 0.3) is 11.1 Å². The number of hydrogen-bond donors (Lipinski definition) is 0. The molecular weight excluding hydrogens is 513 g/mol. The van der Waals surface area contributed by atoms with Crippen molar-refractivity contribution in [3.8, 4) is 11.1 Å². The first-order valence-corrected chi connectivity index (χ1v) is 12.5. The number of benzene rings is 3. The molecule has 0 N–H and O–H groups in total. The third kappa shape index (κ3) is 5.58. The SMILES string of the molecule is CO[C@@H]1O[C@H]([C@H](OC(=O)c2ccc(-c3ccccc3)cc2)c2ccc(C(F)(F)F)c(C)c2)[C@H]2OC(C)(C)O[C@@H]12. The van der Waals surface area contributed by atoms with Crippen LogP contribution in [0.3, 0.4) is 0 Å². The third-order valence-electron chi connectivity index (χ3n) is 6.92. The summed E-state index contributed by atoms with van der Waals surface area (Å²) in [5.41, 5.74) is 1.76. The van der Waals surface area contributed by atoms with Crippen molar-refractivity contribution in [2.45, 2.75) is 63.4 Å². The molecule has 0 saturated carbocycles. The minimum absolute atomic E-state index is 0.00461. The van der Waals surface area contributed by atoms with Gasteiger partial charge in [0.15, 0.2) is 18.2 Å². The van der Waals surface area contributed by atoms with Gasteiger partial charge in [0.05, 0.1) is 11.1 Å². The van der Waals surface area contributed by atoms with Gasteiger partial charge in [-0.05, 0) is 61.2 Å². The zero-order chi connectivity index (χ0) is 27.9. The van der Waals surface area contributed by atoms with Crippen LogP contribution in [0.1, 0.15) is 47.0 Å². The Morgan fingerprint density at radius 2 is 1.56 bits per heavy atom. The lowest BCUT2D eigenvalue weighted by atomic mass is 9.95. The van der Waals surface area contributed by atoms with E-state index in [0.29, 0.717) is 5.56 Å². The van der Waals surface area contributed by atoms with Gasteiger partial charge >= 0.3 is 12.1 Å². The number of esters is 1. The van der Waals surface area contributed by atoms with E-state index in [1.54, 1.807) is 26.0 Å². The summed E-state index contributed by atoms with van der Waals surface area (Å²) in [5, 5.41) is 0. The summed E-state index contributed by atoms with van der Waals surface area (Å²) in [5.74, 6) is -1.61. The Labute approximate surface area is 224 Å². The lowest BCUT2D eigenvalue weighted by Crippen LogP contribution is -2.36. The quantitative estimate of drug-likeness (QED) is 0.333. The van der Waals surface area contributed by atoms with Crippen molar-refractivity contribution in [3.63, 3.8) is 0 Å². The number of ether oxygens (including phenoxy) is 5. The maximum atomic E-state index is 13.5. The van der Waals surface area contributed by atoms with Crippen molar-refractivity contribution in [1.29, 1.82) is 0 Å². The van der Waals surface area contributed by atoms with Crippen LogP contribution in [-0.4, -0.2) is 43.5 Å². The lowest BCUT2D eigenvalue weighted by molar-refractivity contribution is -0.237. The molecule has 2 fully saturated rings. The summed E-state index contributed by atoms with van der Waals surface area (Å²) in [7, 11) is 1.45.